The molecule has 0 rings (SSSR count). The summed E-state index contributed by atoms with van der Waals surface area (Å²) < 4.78 is 4.61. The normalized spacial score (nSPS) is 11.1. The van der Waals surface area contributed by atoms with Crippen LogP contribution in [0.15, 0.2) is 12.2 Å². The smallest absolute Gasteiger partial charge is 0.305 e. The number of carbonyl (C=O) groups excluding carboxylic acids is 1. The standard InChI is InChI=1S/C17H32O2/c1-3-4-5-6-7-8-9-10-11-12-13-14-15-16-17(18)19-2/h9-10H,3-8,11-16H2,1-2H3/b10-9+. The first-order valence-corrected chi connectivity index (χ1v) is 8.03. The van der Waals surface area contributed by atoms with Gasteiger partial charge >= 0.3 is 5.97 Å². The molecule has 0 aliphatic carbocycles. The van der Waals surface area contributed by atoms with Crippen LogP contribution in [0.5, 0.6) is 0 Å². The fourth-order valence-corrected chi connectivity index (χ4v) is 2.09. The number of hydrogen-bond acceptors (Lipinski definition) is 2. The third kappa shape index (κ3) is 15.2. The fraction of sp³-hybridized carbons (Fsp3) is 0.824. The predicted molar refractivity (Wildman–Crippen MR) is 82.2 cm³/mol. The van der Waals surface area contributed by atoms with Gasteiger partial charge in [0.15, 0.2) is 0 Å². The minimum Gasteiger partial charge on any atom is -0.469 e. The van der Waals surface area contributed by atoms with Gasteiger partial charge in [0.1, 0.15) is 0 Å². The Balaban J connectivity index is 3.10. The van der Waals surface area contributed by atoms with Crippen molar-refractivity contribution < 1.29 is 9.53 Å². The minimum absolute atomic E-state index is 0.0806. The summed E-state index contributed by atoms with van der Waals surface area (Å²) in [5.74, 6) is -0.0806. The number of allylic oxidation sites excluding steroid dienone is 2. The van der Waals surface area contributed by atoms with Crippen LogP contribution < -0.4 is 0 Å². The van der Waals surface area contributed by atoms with Crippen molar-refractivity contribution in [1.29, 1.82) is 0 Å². The summed E-state index contributed by atoms with van der Waals surface area (Å²) in [6.45, 7) is 2.26. The molecule has 0 aromatic heterocycles. The Morgan fingerprint density at radius 1 is 0.842 bits per heavy atom. The van der Waals surface area contributed by atoms with Crippen LogP contribution in [0.2, 0.25) is 0 Å². The number of carbonyl (C=O) groups is 1. The fourth-order valence-electron chi connectivity index (χ4n) is 2.09. The van der Waals surface area contributed by atoms with Crippen molar-refractivity contribution in [3.8, 4) is 0 Å². The molecule has 0 amide bonds. The maximum absolute atomic E-state index is 10.9. The summed E-state index contributed by atoms with van der Waals surface area (Å²) in [4.78, 5) is 10.9. The lowest BCUT2D eigenvalue weighted by Crippen LogP contribution is -1.98. The summed E-state index contributed by atoms with van der Waals surface area (Å²) in [6, 6.07) is 0. The molecular formula is C17H32O2. The van der Waals surface area contributed by atoms with E-state index in [0.29, 0.717) is 6.42 Å². The van der Waals surface area contributed by atoms with Crippen LogP contribution in [0.25, 0.3) is 0 Å². The number of esters is 1. The van der Waals surface area contributed by atoms with Crippen LogP contribution in [0, 0.1) is 0 Å². The van der Waals surface area contributed by atoms with Crippen LogP contribution in [-0.4, -0.2) is 13.1 Å². The Hall–Kier alpha value is -0.790. The van der Waals surface area contributed by atoms with Crippen LogP contribution in [0.1, 0.15) is 84.0 Å². The molecule has 0 aromatic carbocycles. The zero-order chi connectivity index (χ0) is 14.2. The molecule has 2 heteroatoms. The maximum atomic E-state index is 10.9. The third-order valence-electron chi connectivity index (χ3n) is 3.37. The molecule has 0 spiro atoms. The highest BCUT2D eigenvalue weighted by Crippen LogP contribution is 2.08. The van der Waals surface area contributed by atoms with Crippen molar-refractivity contribution in [1.82, 2.24) is 0 Å². The topological polar surface area (TPSA) is 26.3 Å². The minimum atomic E-state index is -0.0806. The van der Waals surface area contributed by atoms with E-state index >= 15 is 0 Å². The Bertz CT molecular complexity index is 221. The van der Waals surface area contributed by atoms with E-state index in [1.807, 2.05) is 0 Å². The number of methoxy groups -OCH3 is 1. The number of unbranched alkanes of at least 4 members (excludes halogenated alkanes) is 9. The summed E-state index contributed by atoms with van der Waals surface area (Å²) in [6.07, 6.45) is 19.1. The maximum Gasteiger partial charge on any atom is 0.305 e. The lowest BCUT2D eigenvalue weighted by molar-refractivity contribution is -0.140. The first kappa shape index (κ1) is 18.2. The van der Waals surface area contributed by atoms with Crippen molar-refractivity contribution >= 4 is 5.97 Å². The molecule has 0 bridgehead atoms. The van der Waals surface area contributed by atoms with Gasteiger partial charge in [-0.2, -0.15) is 0 Å². The Morgan fingerprint density at radius 2 is 1.37 bits per heavy atom. The first-order chi connectivity index (χ1) is 9.31. The highest BCUT2D eigenvalue weighted by Gasteiger charge is 1.98. The second-order valence-corrected chi connectivity index (χ2v) is 5.20. The third-order valence-corrected chi connectivity index (χ3v) is 3.37. The summed E-state index contributed by atoms with van der Waals surface area (Å²) in [5.41, 5.74) is 0. The van der Waals surface area contributed by atoms with E-state index in [1.54, 1.807) is 0 Å². The van der Waals surface area contributed by atoms with Crippen molar-refractivity contribution in [2.45, 2.75) is 84.0 Å². The van der Waals surface area contributed by atoms with Gasteiger partial charge in [-0.25, -0.2) is 0 Å². The molecule has 0 fully saturated rings. The van der Waals surface area contributed by atoms with Crippen LogP contribution >= 0.6 is 0 Å². The van der Waals surface area contributed by atoms with E-state index in [0.717, 1.165) is 12.8 Å². The lowest BCUT2D eigenvalue weighted by atomic mass is 10.1. The molecule has 0 saturated heterocycles. The zero-order valence-corrected chi connectivity index (χ0v) is 13.0. The van der Waals surface area contributed by atoms with E-state index in [9.17, 15) is 4.79 Å². The molecule has 2 nitrogen and oxygen atoms in total. The summed E-state index contributed by atoms with van der Waals surface area (Å²) in [7, 11) is 1.45. The van der Waals surface area contributed by atoms with Crippen LogP contribution in [-0.2, 0) is 9.53 Å². The number of rotatable bonds is 13. The van der Waals surface area contributed by atoms with E-state index in [1.165, 1.54) is 64.9 Å². The quantitative estimate of drug-likeness (QED) is 0.253. The molecule has 0 N–H and O–H groups in total. The predicted octanol–water partition coefficient (Wildman–Crippen LogP) is 5.42. The Labute approximate surface area is 119 Å². The van der Waals surface area contributed by atoms with Gasteiger partial charge in [0.25, 0.3) is 0 Å². The van der Waals surface area contributed by atoms with Crippen molar-refractivity contribution in [3.05, 3.63) is 12.2 Å². The molecule has 0 aromatic rings. The second kappa shape index (κ2) is 15.3. The highest BCUT2D eigenvalue weighted by atomic mass is 16.5. The molecule has 19 heavy (non-hydrogen) atoms. The molecule has 0 aliphatic heterocycles. The molecule has 112 valence electrons. The number of hydrogen-bond donors (Lipinski definition) is 0. The first-order valence-electron chi connectivity index (χ1n) is 8.03. The van der Waals surface area contributed by atoms with Gasteiger partial charge in [-0.05, 0) is 32.1 Å². The van der Waals surface area contributed by atoms with Gasteiger partial charge in [0.2, 0.25) is 0 Å². The number of ether oxygens (including phenoxy) is 1. The van der Waals surface area contributed by atoms with Crippen molar-refractivity contribution in [2.75, 3.05) is 7.11 Å². The van der Waals surface area contributed by atoms with E-state index in [2.05, 4.69) is 23.8 Å². The molecule has 0 unspecified atom stereocenters. The highest BCUT2D eigenvalue weighted by molar-refractivity contribution is 5.68. The summed E-state index contributed by atoms with van der Waals surface area (Å²) in [5, 5.41) is 0. The van der Waals surface area contributed by atoms with Crippen molar-refractivity contribution in [2.24, 2.45) is 0 Å². The van der Waals surface area contributed by atoms with E-state index in [-0.39, 0.29) is 5.97 Å². The van der Waals surface area contributed by atoms with Gasteiger partial charge in [-0.3, -0.25) is 4.79 Å². The average Bonchev–Trinajstić information content (AvgIpc) is 2.43. The van der Waals surface area contributed by atoms with E-state index in [4.69, 9.17) is 0 Å². The average molecular weight is 268 g/mol. The molecule has 0 heterocycles. The molecule has 0 atom stereocenters. The van der Waals surface area contributed by atoms with Gasteiger partial charge < -0.3 is 4.74 Å². The van der Waals surface area contributed by atoms with Gasteiger partial charge in [-0.15, -0.1) is 0 Å². The molecule has 0 radical (unpaired) electrons. The monoisotopic (exact) mass is 268 g/mol. The Kier molecular flexibility index (Phi) is 14.6. The zero-order valence-electron chi connectivity index (χ0n) is 13.0. The van der Waals surface area contributed by atoms with Crippen LogP contribution in [0.4, 0.5) is 0 Å². The van der Waals surface area contributed by atoms with Crippen LogP contribution in [0.3, 0.4) is 0 Å². The molecule has 0 aliphatic rings. The second-order valence-electron chi connectivity index (χ2n) is 5.20. The Morgan fingerprint density at radius 3 is 1.89 bits per heavy atom. The largest absolute Gasteiger partial charge is 0.469 e. The van der Waals surface area contributed by atoms with E-state index < -0.39 is 0 Å². The van der Waals surface area contributed by atoms with Gasteiger partial charge in [0.05, 0.1) is 7.11 Å². The van der Waals surface area contributed by atoms with Gasteiger partial charge in [0, 0.05) is 6.42 Å². The van der Waals surface area contributed by atoms with Crippen molar-refractivity contribution in [3.63, 3.8) is 0 Å². The van der Waals surface area contributed by atoms with Gasteiger partial charge in [-0.1, -0.05) is 57.6 Å². The lowest BCUT2D eigenvalue weighted by Gasteiger charge is -1.99. The SMILES string of the molecule is CCCCCCC/C=C/CCCCCCC(=O)OC. The molecular weight excluding hydrogens is 236 g/mol. The molecule has 0 saturated carbocycles. The summed E-state index contributed by atoms with van der Waals surface area (Å²) >= 11 is 0.